The predicted molar refractivity (Wildman–Crippen MR) is 94.7 cm³/mol. The second kappa shape index (κ2) is 8.54. The molecule has 0 unspecified atom stereocenters. The number of halogens is 1. The van der Waals surface area contributed by atoms with Gasteiger partial charge in [0.05, 0.1) is 17.0 Å². The summed E-state index contributed by atoms with van der Waals surface area (Å²) >= 11 is 0. The lowest BCUT2D eigenvalue weighted by atomic mass is 10.2. The van der Waals surface area contributed by atoms with Crippen molar-refractivity contribution in [3.05, 3.63) is 59.9 Å². The lowest BCUT2D eigenvalue weighted by Crippen LogP contribution is -2.33. The number of amides is 2. The zero-order valence-electron chi connectivity index (χ0n) is 14.0. The van der Waals surface area contributed by atoms with Gasteiger partial charge in [0.15, 0.2) is 0 Å². The van der Waals surface area contributed by atoms with Crippen LogP contribution in [-0.2, 0) is 14.8 Å². The van der Waals surface area contributed by atoms with Gasteiger partial charge in [0.2, 0.25) is 15.9 Å². The Balaban J connectivity index is 2.06. The first-order chi connectivity index (χ1) is 12.3. The van der Waals surface area contributed by atoms with Crippen LogP contribution in [0.5, 0.6) is 0 Å². The first-order valence-electron chi connectivity index (χ1n) is 7.76. The molecule has 0 aliphatic heterocycles. The first kappa shape index (κ1) is 19.5. The fourth-order valence-electron chi connectivity index (χ4n) is 2.10. The number of nitrogens with one attached hydrogen (secondary N) is 3. The van der Waals surface area contributed by atoms with Crippen LogP contribution in [0.25, 0.3) is 0 Å². The van der Waals surface area contributed by atoms with Gasteiger partial charge in [0.25, 0.3) is 5.91 Å². The number of para-hydroxylation sites is 1. The fraction of sp³-hybridized carbons (Fsp3) is 0.176. The second-order valence-corrected chi connectivity index (χ2v) is 7.01. The molecule has 0 spiro atoms. The first-order valence-corrected chi connectivity index (χ1v) is 9.24. The van der Waals surface area contributed by atoms with E-state index in [1.54, 1.807) is 37.3 Å². The van der Waals surface area contributed by atoms with E-state index < -0.39 is 39.8 Å². The van der Waals surface area contributed by atoms with Crippen LogP contribution in [0.1, 0.15) is 17.3 Å². The molecule has 138 valence electrons. The van der Waals surface area contributed by atoms with Gasteiger partial charge in [0, 0.05) is 12.2 Å². The maximum atomic E-state index is 13.9. The summed E-state index contributed by atoms with van der Waals surface area (Å²) in [6, 6.07) is 11.5. The quantitative estimate of drug-likeness (QED) is 0.678. The highest BCUT2D eigenvalue weighted by Gasteiger charge is 2.19. The average molecular weight is 379 g/mol. The number of carbonyl (C=O) groups excluding carboxylic acids is 2. The van der Waals surface area contributed by atoms with Crippen molar-refractivity contribution >= 4 is 27.5 Å². The van der Waals surface area contributed by atoms with Gasteiger partial charge in [0.1, 0.15) is 5.82 Å². The summed E-state index contributed by atoms with van der Waals surface area (Å²) in [6.07, 6.45) is 0. The van der Waals surface area contributed by atoms with Crippen molar-refractivity contribution in [3.8, 4) is 0 Å². The van der Waals surface area contributed by atoms with Crippen LogP contribution in [-0.4, -0.2) is 33.3 Å². The van der Waals surface area contributed by atoms with Crippen molar-refractivity contribution in [2.24, 2.45) is 0 Å². The molecule has 2 amide bonds. The Hall–Kier alpha value is -2.78. The summed E-state index contributed by atoms with van der Waals surface area (Å²) in [4.78, 5) is 23.7. The summed E-state index contributed by atoms with van der Waals surface area (Å²) in [5, 5.41) is 4.83. The molecule has 26 heavy (non-hydrogen) atoms. The van der Waals surface area contributed by atoms with Crippen LogP contribution < -0.4 is 15.4 Å². The van der Waals surface area contributed by atoms with Gasteiger partial charge in [-0.3, -0.25) is 9.59 Å². The van der Waals surface area contributed by atoms with Crippen LogP contribution in [0.2, 0.25) is 0 Å². The minimum Gasteiger partial charge on any atom is -0.343 e. The smallest absolute Gasteiger partial charge is 0.254 e. The van der Waals surface area contributed by atoms with Crippen molar-refractivity contribution in [1.29, 1.82) is 0 Å². The Morgan fingerprint density at radius 3 is 2.42 bits per heavy atom. The van der Waals surface area contributed by atoms with E-state index in [2.05, 4.69) is 15.4 Å². The largest absolute Gasteiger partial charge is 0.343 e. The molecule has 0 aromatic heterocycles. The third-order valence-corrected chi connectivity index (χ3v) is 4.84. The van der Waals surface area contributed by atoms with Crippen molar-refractivity contribution in [3.63, 3.8) is 0 Å². The van der Waals surface area contributed by atoms with Gasteiger partial charge in [-0.25, -0.2) is 17.5 Å². The number of benzene rings is 2. The molecule has 9 heteroatoms. The SMILES string of the molecule is CCNS(=O)(=O)c1ccc(F)c(C(=O)NCC(=O)Nc2ccccc2)c1. The monoisotopic (exact) mass is 379 g/mol. The van der Waals surface area contributed by atoms with Gasteiger partial charge in [-0.15, -0.1) is 0 Å². The zero-order valence-corrected chi connectivity index (χ0v) is 14.8. The maximum absolute atomic E-state index is 13.9. The Morgan fingerprint density at radius 2 is 1.77 bits per heavy atom. The molecule has 3 N–H and O–H groups in total. The third kappa shape index (κ3) is 5.11. The molecule has 2 aromatic rings. The van der Waals surface area contributed by atoms with Crippen LogP contribution >= 0.6 is 0 Å². The Morgan fingerprint density at radius 1 is 1.08 bits per heavy atom. The molecule has 0 heterocycles. The summed E-state index contributed by atoms with van der Waals surface area (Å²) in [7, 11) is -3.83. The van der Waals surface area contributed by atoms with Crippen molar-refractivity contribution < 1.29 is 22.4 Å². The van der Waals surface area contributed by atoms with E-state index in [9.17, 15) is 22.4 Å². The Kier molecular flexibility index (Phi) is 6.42. The normalized spacial score (nSPS) is 11.0. The standard InChI is InChI=1S/C17H18FN3O4S/c1-2-20-26(24,25)13-8-9-15(18)14(10-13)17(23)19-11-16(22)21-12-6-4-3-5-7-12/h3-10,20H,2,11H2,1H3,(H,19,23)(H,21,22). The van der Waals surface area contributed by atoms with E-state index >= 15 is 0 Å². The molecule has 0 radical (unpaired) electrons. The Labute approximate surface area is 150 Å². The predicted octanol–water partition coefficient (Wildman–Crippen LogP) is 1.49. The fourth-order valence-corrected chi connectivity index (χ4v) is 3.17. The summed E-state index contributed by atoms with van der Waals surface area (Å²) in [6.45, 7) is 1.36. The van der Waals surface area contributed by atoms with E-state index in [1.165, 1.54) is 0 Å². The van der Waals surface area contributed by atoms with Crippen LogP contribution in [0, 0.1) is 5.82 Å². The van der Waals surface area contributed by atoms with Crippen molar-refractivity contribution in [2.45, 2.75) is 11.8 Å². The van der Waals surface area contributed by atoms with E-state index in [4.69, 9.17) is 0 Å². The third-order valence-electron chi connectivity index (χ3n) is 3.29. The highest BCUT2D eigenvalue weighted by atomic mass is 32.2. The zero-order chi connectivity index (χ0) is 19.2. The van der Waals surface area contributed by atoms with Gasteiger partial charge in [-0.1, -0.05) is 25.1 Å². The van der Waals surface area contributed by atoms with Gasteiger partial charge >= 0.3 is 0 Å². The highest BCUT2D eigenvalue weighted by Crippen LogP contribution is 2.15. The molecule has 0 aliphatic carbocycles. The molecule has 0 aliphatic rings. The molecule has 2 aromatic carbocycles. The second-order valence-electron chi connectivity index (χ2n) is 5.24. The summed E-state index contributed by atoms with van der Waals surface area (Å²) < 4.78 is 40.1. The maximum Gasteiger partial charge on any atom is 0.254 e. The minimum atomic E-state index is -3.83. The lowest BCUT2D eigenvalue weighted by molar-refractivity contribution is -0.115. The summed E-state index contributed by atoms with van der Waals surface area (Å²) in [5.74, 6) is -2.28. The summed E-state index contributed by atoms with van der Waals surface area (Å²) in [5.41, 5.74) is 0.0909. The minimum absolute atomic E-state index is 0.154. The van der Waals surface area contributed by atoms with E-state index in [1.807, 2.05) is 0 Å². The number of sulfonamides is 1. The molecule has 2 rings (SSSR count). The van der Waals surface area contributed by atoms with Gasteiger partial charge in [-0.05, 0) is 30.3 Å². The molecular formula is C17H18FN3O4S. The molecule has 0 fully saturated rings. The molecule has 7 nitrogen and oxygen atoms in total. The number of hydrogen-bond acceptors (Lipinski definition) is 4. The van der Waals surface area contributed by atoms with Crippen molar-refractivity contribution in [2.75, 3.05) is 18.4 Å². The number of anilines is 1. The highest BCUT2D eigenvalue weighted by molar-refractivity contribution is 7.89. The van der Waals surface area contributed by atoms with E-state index in [0.29, 0.717) is 5.69 Å². The molecule has 0 saturated heterocycles. The molecule has 0 atom stereocenters. The molecule has 0 bridgehead atoms. The number of rotatable bonds is 7. The van der Waals surface area contributed by atoms with Crippen LogP contribution in [0.4, 0.5) is 10.1 Å². The topological polar surface area (TPSA) is 104 Å². The average Bonchev–Trinajstić information content (AvgIpc) is 2.60. The molecular weight excluding hydrogens is 361 g/mol. The number of carbonyl (C=O) groups is 2. The van der Waals surface area contributed by atoms with Crippen molar-refractivity contribution in [1.82, 2.24) is 10.0 Å². The van der Waals surface area contributed by atoms with Gasteiger partial charge < -0.3 is 10.6 Å². The van der Waals surface area contributed by atoms with Crippen LogP contribution in [0.3, 0.4) is 0 Å². The van der Waals surface area contributed by atoms with E-state index in [0.717, 1.165) is 18.2 Å². The lowest BCUT2D eigenvalue weighted by Gasteiger charge is -2.09. The van der Waals surface area contributed by atoms with E-state index in [-0.39, 0.29) is 11.4 Å². The Bertz CT molecular complexity index is 901. The molecule has 0 saturated carbocycles. The van der Waals surface area contributed by atoms with Crippen LogP contribution in [0.15, 0.2) is 53.4 Å². The number of hydrogen-bond donors (Lipinski definition) is 3. The van der Waals surface area contributed by atoms with Gasteiger partial charge in [-0.2, -0.15) is 0 Å².